The van der Waals surface area contributed by atoms with Crippen molar-refractivity contribution >= 4 is 22.7 Å². The summed E-state index contributed by atoms with van der Waals surface area (Å²) in [6, 6.07) is 20.0. The van der Waals surface area contributed by atoms with Crippen molar-refractivity contribution in [2.75, 3.05) is 12.0 Å². The number of benzene rings is 3. The molecule has 0 spiro atoms. The first-order valence-electron chi connectivity index (χ1n) is 11.2. The van der Waals surface area contributed by atoms with Crippen molar-refractivity contribution < 1.29 is 24.1 Å². The Morgan fingerprint density at radius 2 is 1.82 bits per heavy atom. The molecular weight excluding hydrogens is 453 g/mol. The summed E-state index contributed by atoms with van der Waals surface area (Å²) in [6.45, 7) is 2.02. The molecule has 34 heavy (non-hydrogen) atoms. The number of carbonyl (C=O) groups is 1. The van der Waals surface area contributed by atoms with E-state index in [2.05, 4.69) is 0 Å². The number of methoxy groups -OCH3 is 1. The maximum atomic E-state index is 13.3. The zero-order valence-corrected chi connectivity index (χ0v) is 20.0. The molecule has 178 valence electrons. The number of hydrogen-bond donors (Lipinski definition) is 2. The fourth-order valence-corrected chi connectivity index (χ4v) is 5.86. The topological polar surface area (TPSA) is 70.0 Å². The molecule has 1 heterocycles. The fraction of sp³-hybridized carbons (Fsp3) is 0.296. The van der Waals surface area contributed by atoms with E-state index in [0.29, 0.717) is 36.1 Å². The van der Waals surface area contributed by atoms with Crippen molar-refractivity contribution in [3.63, 3.8) is 0 Å². The summed E-state index contributed by atoms with van der Waals surface area (Å²) in [4.78, 5) is 15.0. The van der Waals surface area contributed by atoms with E-state index in [9.17, 15) is 19.4 Å². The number of amides is 1. The minimum Gasteiger partial charge on any atom is -0.507 e. The predicted octanol–water partition coefficient (Wildman–Crippen LogP) is 6.62. The number of anilines is 1. The number of ether oxygens (including phenoxy) is 1. The second-order valence-electron chi connectivity index (χ2n) is 8.67. The van der Waals surface area contributed by atoms with Crippen LogP contribution in [-0.2, 0) is 0 Å². The number of hydrogen-bond acceptors (Lipinski definition) is 5. The van der Waals surface area contributed by atoms with Gasteiger partial charge in [0.15, 0.2) is 0 Å². The Morgan fingerprint density at radius 3 is 2.47 bits per heavy atom. The normalized spacial score (nSPS) is 21.0. The van der Waals surface area contributed by atoms with E-state index >= 15 is 0 Å². The molecule has 3 aromatic rings. The van der Waals surface area contributed by atoms with E-state index in [0.717, 1.165) is 5.69 Å². The lowest BCUT2D eigenvalue weighted by atomic mass is 9.86. The molecule has 4 rings (SSSR count). The Morgan fingerprint density at radius 1 is 1.12 bits per heavy atom. The maximum Gasteiger partial charge on any atom is 0.287 e. The van der Waals surface area contributed by atoms with Crippen LogP contribution in [0.25, 0.3) is 0 Å². The van der Waals surface area contributed by atoms with Crippen molar-refractivity contribution in [2.24, 2.45) is 0 Å². The molecule has 2 N–H and O–H groups in total. The molecule has 3 atom stereocenters. The van der Waals surface area contributed by atoms with Gasteiger partial charge in [0, 0.05) is 22.1 Å². The Hall–Kier alpha value is -3.03. The van der Waals surface area contributed by atoms with Crippen LogP contribution in [-0.4, -0.2) is 27.3 Å². The molecular formula is C27H28FNO4S. The second kappa shape index (κ2) is 10.1. The number of phenols is 1. The van der Waals surface area contributed by atoms with Gasteiger partial charge in [-0.1, -0.05) is 42.1 Å². The number of aliphatic hydroxyl groups excluding tert-OH is 1. The average molecular weight is 482 g/mol. The third kappa shape index (κ3) is 4.91. The van der Waals surface area contributed by atoms with Crippen LogP contribution in [0.1, 0.15) is 49.5 Å². The summed E-state index contributed by atoms with van der Waals surface area (Å²) < 4.78 is 17.9. The molecule has 0 unspecified atom stereocenters. The predicted molar refractivity (Wildman–Crippen MR) is 133 cm³/mol. The zero-order chi connectivity index (χ0) is 24.3. The van der Waals surface area contributed by atoms with Crippen LogP contribution < -0.4 is 9.64 Å². The summed E-state index contributed by atoms with van der Waals surface area (Å²) in [5.74, 6) is 0.263. The number of nitrogens with zero attached hydrogens (tertiary/aromatic N) is 1. The standard InChI is InChI=1S/C27H28FNO4S/c1-27(16-6-9-23(30)18-10-12-19(28)13-11-18)25(22-15-14-21(33-2)17-24(22)31)29(26(32)34-27)20-7-4-3-5-8-20/h3-5,7-8,10-15,17,23,25,30-31H,6,9,16H2,1-2H3/t23-,25-,27-/m1/s1. The first kappa shape index (κ1) is 24.1. The minimum atomic E-state index is -0.718. The van der Waals surface area contributed by atoms with Crippen LogP contribution in [0, 0.1) is 5.82 Å². The number of para-hydroxylation sites is 1. The van der Waals surface area contributed by atoms with Crippen LogP contribution in [0.5, 0.6) is 11.5 Å². The molecule has 0 aromatic heterocycles. The van der Waals surface area contributed by atoms with Crippen molar-refractivity contribution in [1.82, 2.24) is 0 Å². The molecule has 1 amide bonds. The number of halogens is 1. The monoisotopic (exact) mass is 481 g/mol. The number of carbonyl (C=O) groups excluding carboxylic acids is 1. The second-order valence-corrected chi connectivity index (χ2v) is 10.2. The number of thioether (sulfide) groups is 1. The zero-order valence-electron chi connectivity index (χ0n) is 19.1. The van der Waals surface area contributed by atoms with E-state index in [1.165, 1.54) is 31.0 Å². The largest absolute Gasteiger partial charge is 0.507 e. The molecule has 3 aromatic carbocycles. The Bertz CT molecular complexity index is 1140. The van der Waals surface area contributed by atoms with Gasteiger partial charge in [0.05, 0.1) is 19.3 Å². The third-order valence-corrected chi connectivity index (χ3v) is 7.59. The number of rotatable bonds is 8. The number of phenolic OH excluding ortho intramolecular Hbond substituents is 1. The molecule has 1 aliphatic heterocycles. The Balaban J connectivity index is 1.61. The smallest absolute Gasteiger partial charge is 0.287 e. The van der Waals surface area contributed by atoms with Crippen LogP contribution in [0.2, 0.25) is 0 Å². The van der Waals surface area contributed by atoms with Gasteiger partial charge in [-0.05, 0) is 68.1 Å². The van der Waals surface area contributed by atoms with Gasteiger partial charge >= 0.3 is 0 Å². The van der Waals surface area contributed by atoms with Crippen molar-refractivity contribution in [2.45, 2.75) is 43.1 Å². The highest BCUT2D eigenvalue weighted by Crippen LogP contribution is 2.55. The minimum absolute atomic E-state index is 0.0677. The summed E-state index contributed by atoms with van der Waals surface area (Å²) in [6.07, 6.45) is 1.03. The molecule has 1 saturated heterocycles. The van der Waals surface area contributed by atoms with Gasteiger partial charge in [-0.2, -0.15) is 0 Å². The molecule has 1 aliphatic rings. The first-order chi connectivity index (χ1) is 16.3. The highest BCUT2D eigenvalue weighted by molar-refractivity contribution is 8.15. The summed E-state index contributed by atoms with van der Waals surface area (Å²) in [5.41, 5.74) is 2.07. The highest BCUT2D eigenvalue weighted by Gasteiger charge is 2.51. The van der Waals surface area contributed by atoms with Gasteiger partial charge in [0.1, 0.15) is 17.3 Å². The highest BCUT2D eigenvalue weighted by atomic mass is 32.2. The van der Waals surface area contributed by atoms with Crippen LogP contribution in [0.4, 0.5) is 14.9 Å². The molecule has 7 heteroatoms. The molecule has 0 aliphatic carbocycles. The van der Waals surface area contributed by atoms with Gasteiger partial charge < -0.3 is 14.9 Å². The molecule has 0 bridgehead atoms. The average Bonchev–Trinajstić information content (AvgIpc) is 3.09. The van der Waals surface area contributed by atoms with Crippen molar-refractivity contribution in [3.8, 4) is 11.5 Å². The van der Waals surface area contributed by atoms with Crippen molar-refractivity contribution in [1.29, 1.82) is 0 Å². The van der Waals surface area contributed by atoms with Crippen molar-refractivity contribution in [3.05, 3.63) is 89.7 Å². The van der Waals surface area contributed by atoms with Gasteiger partial charge in [0.2, 0.25) is 0 Å². The number of aliphatic hydroxyl groups is 1. The van der Waals surface area contributed by atoms with E-state index in [-0.39, 0.29) is 16.8 Å². The first-order valence-corrected chi connectivity index (χ1v) is 12.0. The van der Waals surface area contributed by atoms with E-state index in [4.69, 9.17) is 4.74 Å². The Kier molecular flexibility index (Phi) is 7.14. The van der Waals surface area contributed by atoms with E-state index < -0.39 is 16.9 Å². The lowest BCUT2D eigenvalue weighted by molar-refractivity contribution is 0.162. The lowest BCUT2D eigenvalue weighted by Gasteiger charge is -2.35. The third-order valence-electron chi connectivity index (χ3n) is 6.33. The number of aromatic hydroxyl groups is 1. The summed E-state index contributed by atoms with van der Waals surface area (Å²) in [5, 5.41) is 21.3. The van der Waals surface area contributed by atoms with Gasteiger partial charge in [0.25, 0.3) is 5.24 Å². The van der Waals surface area contributed by atoms with Gasteiger partial charge in [-0.25, -0.2) is 4.39 Å². The van der Waals surface area contributed by atoms with Crippen LogP contribution in [0.15, 0.2) is 72.8 Å². The molecule has 0 radical (unpaired) electrons. The summed E-state index contributed by atoms with van der Waals surface area (Å²) >= 11 is 1.26. The van der Waals surface area contributed by atoms with Gasteiger partial charge in [-0.15, -0.1) is 0 Å². The maximum absolute atomic E-state index is 13.3. The molecule has 1 fully saturated rings. The molecule has 5 nitrogen and oxygen atoms in total. The van der Waals surface area contributed by atoms with Gasteiger partial charge in [-0.3, -0.25) is 9.69 Å². The quantitative estimate of drug-likeness (QED) is 0.379. The Labute approximate surface area is 203 Å². The SMILES string of the molecule is COc1ccc([C@H]2N(c3ccccc3)C(=O)S[C@]2(C)CCC[C@@H](O)c2ccc(F)cc2)c(O)c1. The van der Waals surface area contributed by atoms with Crippen LogP contribution >= 0.6 is 11.8 Å². The summed E-state index contributed by atoms with van der Waals surface area (Å²) in [7, 11) is 1.54. The van der Waals surface area contributed by atoms with E-state index in [1.807, 2.05) is 37.3 Å². The van der Waals surface area contributed by atoms with Crippen LogP contribution in [0.3, 0.4) is 0 Å². The van der Waals surface area contributed by atoms with E-state index in [1.54, 1.807) is 35.2 Å². The lowest BCUT2D eigenvalue weighted by Crippen LogP contribution is -2.35. The fourth-order valence-electron chi connectivity index (χ4n) is 4.56. The molecule has 0 saturated carbocycles.